The van der Waals surface area contributed by atoms with E-state index in [9.17, 15) is 0 Å². The third-order valence-corrected chi connectivity index (χ3v) is 4.27. The Balaban J connectivity index is 2.04. The highest BCUT2D eigenvalue weighted by atomic mass is 16.5. The molecule has 1 saturated heterocycles. The van der Waals surface area contributed by atoms with E-state index in [0.29, 0.717) is 0 Å². The molecule has 1 aromatic rings. The summed E-state index contributed by atoms with van der Waals surface area (Å²) in [6.45, 7) is 6.66. The molecule has 2 rings (SSSR count). The Bertz CT molecular complexity index is 380. The minimum Gasteiger partial charge on any atom is -0.378 e. The summed E-state index contributed by atoms with van der Waals surface area (Å²) in [7, 11) is 1.87. The number of ether oxygens (including phenoxy) is 1. The van der Waals surface area contributed by atoms with Crippen molar-refractivity contribution in [1.82, 2.24) is 0 Å². The van der Waals surface area contributed by atoms with Gasteiger partial charge in [-0.3, -0.25) is 0 Å². The molecule has 2 heteroatoms. The molecule has 0 radical (unpaired) electrons. The Morgan fingerprint density at radius 1 is 1.22 bits per heavy atom. The summed E-state index contributed by atoms with van der Waals surface area (Å²) in [6.07, 6.45) is 4.68. The van der Waals surface area contributed by atoms with Crippen LogP contribution in [0.15, 0.2) is 24.3 Å². The number of nitrogens with zero attached hydrogens (tertiary/aromatic N) is 1. The number of para-hydroxylation sites is 1. The van der Waals surface area contributed by atoms with Crippen LogP contribution in [0.2, 0.25) is 0 Å². The highest BCUT2D eigenvalue weighted by Crippen LogP contribution is 2.33. The normalized spacial score (nSPS) is 18.9. The van der Waals surface area contributed by atoms with Crippen LogP contribution in [0.1, 0.15) is 38.2 Å². The SMILES string of the molecule is CCCC1(OC)CCN(c2ccccc2C)CC1. The molecular weight excluding hydrogens is 222 g/mol. The van der Waals surface area contributed by atoms with Crippen molar-refractivity contribution in [3.8, 4) is 0 Å². The molecule has 0 atom stereocenters. The van der Waals surface area contributed by atoms with Crippen molar-refractivity contribution in [2.45, 2.75) is 45.1 Å². The zero-order valence-corrected chi connectivity index (χ0v) is 11.9. The van der Waals surface area contributed by atoms with E-state index in [4.69, 9.17) is 4.74 Å². The Hall–Kier alpha value is -1.02. The highest BCUT2D eigenvalue weighted by Gasteiger charge is 2.33. The highest BCUT2D eigenvalue weighted by molar-refractivity contribution is 5.53. The number of hydrogen-bond acceptors (Lipinski definition) is 2. The molecule has 0 amide bonds. The van der Waals surface area contributed by atoms with Gasteiger partial charge in [0, 0.05) is 25.9 Å². The maximum Gasteiger partial charge on any atom is 0.0712 e. The van der Waals surface area contributed by atoms with Gasteiger partial charge in [0.1, 0.15) is 0 Å². The molecule has 0 aliphatic carbocycles. The van der Waals surface area contributed by atoms with Gasteiger partial charge in [-0.05, 0) is 37.8 Å². The zero-order chi connectivity index (χ0) is 13.0. The molecule has 0 bridgehead atoms. The number of methoxy groups -OCH3 is 1. The van der Waals surface area contributed by atoms with Crippen LogP contribution in [0.4, 0.5) is 5.69 Å². The minimum atomic E-state index is 0.133. The molecular formula is C16H25NO. The quantitative estimate of drug-likeness (QED) is 0.803. The van der Waals surface area contributed by atoms with E-state index in [0.717, 1.165) is 25.9 Å². The first kappa shape index (κ1) is 13.4. The predicted octanol–water partition coefficient (Wildman–Crippen LogP) is 3.78. The van der Waals surface area contributed by atoms with E-state index in [2.05, 4.69) is 43.0 Å². The third-order valence-electron chi connectivity index (χ3n) is 4.27. The van der Waals surface area contributed by atoms with Crippen LogP contribution in [-0.2, 0) is 4.74 Å². The van der Waals surface area contributed by atoms with Gasteiger partial charge in [0.05, 0.1) is 5.60 Å². The molecule has 0 saturated carbocycles. The fourth-order valence-corrected chi connectivity index (χ4v) is 3.09. The van der Waals surface area contributed by atoms with Gasteiger partial charge in [-0.1, -0.05) is 31.5 Å². The van der Waals surface area contributed by atoms with Crippen molar-refractivity contribution >= 4 is 5.69 Å². The molecule has 1 heterocycles. The van der Waals surface area contributed by atoms with Gasteiger partial charge in [0.2, 0.25) is 0 Å². The van der Waals surface area contributed by atoms with Gasteiger partial charge in [-0.15, -0.1) is 0 Å². The van der Waals surface area contributed by atoms with Crippen LogP contribution in [0.3, 0.4) is 0 Å². The Kier molecular flexibility index (Phi) is 4.28. The number of aryl methyl sites for hydroxylation is 1. The first-order valence-corrected chi connectivity index (χ1v) is 7.06. The lowest BCUT2D eigenvalue weighted by Crippen LogP contribution is -2.45. The molecule has 18 heavy (non-hydrogen) atoms. The summed E-state index contributed by atoms with van der Waals surface area (Å²) in [4.78, 5) is 2.50. The topological polar surface area (TPSA) is 12.5 Å². The number of rotatable bonds is 4. The molecule has 2 nitrogen and oxygen atoms in total. The van der Waals surface area contributed by atoms with Crippen molar-refractivity contribution in [2.75, 3.05) is 25.1 Å². The van der Waals surface area contributed by atoms with Crippen molar-refractivity contribution in [3.63, 3.8) is 0 Å². The molecule has 0 spiro atoms. The largest absolute Gasteiger partial charge is 0.378 e. The van der Waals surface area contributed by atoms with E-state index >= 15 is 0 Å². The molecule has 0 N–H and O–H groups in total. The molecule has 1 aliphatic rings. The molecule has 100 valence electrons. The Morgan fingerprint density at radius 2 is 1.89 bits per heavy atom. The van der Waals surface area contributed by atoms with E-state index < -0.39 is 0 Å². The fraction of sp³-hybridized carbons (Fsp3) is 0.625. The van der Waals surface area contributed by atoms with Crippen molar-refractivity contribution in [3.05, 3.63) is 29.8 Å². The fourth-order valence-electron chi connectivity index (χ4n) is 3.09. The lowest BCUT2D eigenvalue weighted by atomic mass is 9.86. The van der Waals surface area contributed by atoms with Crippen LogP contribution in [0.5, 0.6) is 0 Å². The monoisotopic (exact) mass is 247 g/mol. The summed E-state index contributed by atoms with van der Waals surface area (Å²) in [5.74, 6) is 0. The van der Waals surface area contributed by atoms with E-state index in [-0.39, 0.29) is 5.60 Å². The van der Waals surface area contributed by atoms with Gasteiger partial charge in [-0.2, -0.15) is 0 Å². The third kappa shape index (κ3) is 2.69. The summed E-state index contributed by atoms with van der Waals surface area (Å²) < 4.78 is 5.81. The second kappa shape index (κ2) is 5.75. The van der Waals surface area contributed by atoms with E-state index in [1.165, 1.54) is 24.1 Å². The molecule has 1 aromatic carbocycles. The summed E-state index contributed by atoms with van der Waals surface area (Å²) >= 11 is 0. The second-order valence-corrected chi connectivity index (χ2v) is 5.41. The molecule has 1 aliphatic heterocycles. The van der Waals surface area contributed by atoms with Crippen LogP contribution in [0.25, 0.3) is 0 Å². The summed E-state index contributed by atoms with van der Waals surface area (Å²) in [5, 5.41) is 0. The second-order valence-electron chi connectivity index (χ2n) is 5.41. The standard InChI is InChI=1S/C16H25NO/c1-4-9-16(18-3)10-12-17(13-11-16)15-8-6-5-7-14(15)2/h5-8H,4,9-13H2,1-3H3. The van der Waals surface area contributed by atoms with Crippen molar-refractivity contribution in [2.24, 2.45) is 0 Å². The molecule has 0 unspecified atom stereocenters. The lowest BCUT2D eigenvalue weighted by Gasteiger charge is -2.42. The predicted molar refractivity (Wildman–Crippen MR) is 77.3 cm³/mol. The average molecular weight is 247 g/mol. The summed E-state index contributed by atoms with van der Waals surface area (Å²) in [6, 6.07) is 8.67. The lowest BCUT2D eigenvalue weighted by molar-refractivity contribution is -0.0364. The molecule has 0 aromatic heterocycles. The van der Waals surface area contributed by atoms with Crippen molar-refractivity contribution < 1.29 is 4.74 Å². The van der Waals surface area contributed by atoms with Gasteiger partial charge in [0.25, 0.3) is 0 Å². The van der Waals surface area contributed by atoms with Crippen LogP contribution in [-0.4, -0.2) is 25.8 Å². The first-order valence-electron chi connectivity index (χ1n) is 7.06. The number of piperidine rings is 1. The van der Waals surface area contributed by atoms with E-state index in [1.807, 2.05) is 7.11 Å². The Labute approximate surface area is 111 Å². The zero-order valence-electron chi connectivity index (χ0n) is 11.9. The average Bonchev–Trinajstić information content (AvgIpc) is 2.41. The van der Waals surface area contributed by atoms with Crippen molar-refractivity contribution in [1.29, 1.82) is 0 Å². The van der Waals surface area contributed by atoms with Gasteiger partial charge in [-0.25, -0.2) is 0 Å². The van der Waals surface area contributed by atoms with Gasteiger partial charge in [0.15, 0.2) is 0 Å². The number of benzene rings is 1. The van der Waals surface area contributed by atoms with Crippen LogP contribution < -0.4 is 4.90 Å². The smallest absolute Gasteiger partial charge is 0.0712 e. The Morgan fingerprint density at radius 3 is 2.44 bits per heavy atom. The van der Waals surface area contributed by atoms with Crippen LogP contribution in [0, 0.1) is 6.92 Å². The minimum absolute atomic E-state index is 0.133. The van der Waals surface area contributed by atoms with Gasteiger partial charge < -0.3 is 9.64 Å². The molecule has 1 fully saturated rings. The first-order chi connectivity index (χ1) is 8.71. The van der Waals surface area contributed by atoms with Crippen LogP contribution >= 0.6 is 0 Å². The maximum atomic E-state index is 5.81. The number of hydrogen-bond donors (Lipinski definition) is 0. The van der Waals surface area contributed by atoms with E-state index in [1.54, 1.807) is 0 Å². The van der Waals surface area contributed by atoms with Gasteiger partial charge >= 0.3 is 0 Å². The maximum absolute atomic E-state index is 5.81. The summed E-state index contributed by atoms with van der Waals surface area (Å²) in [5.41, 5.74) is 2.89. The number of anilines is 1.